The maximum absolute atomic E-state index is 6.90. The predicted octanol–water partition coefficient (Wildman–Crippen LogP) is 16.3. The van der Waals surface area contributed by atoms with E-state index in [1.165, 1.54) is 49.3 Å². The van der Waals surface area contributed by atoms with Crippen molar-refractivity contribution in [2.45, 2.75) is 0 Å². The van der Waals surface area contributed by atoms with E-state index in [4.69, 9.17) is 4.42 Å². The van der Waals surface area contributed by atoms with Crippen molar-refractivity contribution in [1.82, 2.24) is 4.57 Å². The quantitative estimate of drug-likeness (QED) is 0.161. The smallest absolute Gasteiger partial charge is 0.138 e. The minimum absolute atomic E-state index is 0.846. The van der Waals surface area contributed by atoms with E-state index in [9.17, 15) is 0 Å². The average molecular weight is 779 g/mol. The molecule has 0 atom stereocenters. The topological polar surface area (TPSA) is 21.3 Å². The Balaban J connectivity index is 1.07. The zero-order chi connectivity index (χ0) is 40.3. The van der Waals surface area contributed by atoms with Gasteiger partial charge in [0.15, 0.2) is 0 Å². The number of furan rings is 1. The number of benzene rings is 10. The van der Waals surface area contributed by atoms with Crippen molar-refractivity contribution < 1.29 is 4.42 Å². The van der Waals surface area contributed by atoms with Crippen LogP contribution in [0.1, 0.15) is 0 Å². The summed E-state index contributed by atoms with van der Waals surface area (Å²) in [5.74, 6) is 0. The highest BCUT2D eigenvalue weighted by Crippen LogP contribution is 2.46. The van der Waals surface area contributed by atoms with E-state index in [2.05, 4.69) is 240 Å². The Morgan fingerprint density at radius 1 is 0.328 bits per heavy atom. The monoisotopic (exact) mass is 778 g/mol. The number of rotatable bonds is 7. The van der Waals surface area contributed by atoms with Gasteiger partial charge in [0.05, 0.1) is 16.7 Å². The fraction of sp³-hybridized carbons (Fsp3) is 0. The van der Waals surface area contributed by atoms with Gasteiger partial charge in [-0.2, -0.15) is 0 Å². The molecule has 0 unspecified atom stereocenters. The Labute approximate surface area is 353 Å². The molecule has 0 aliphatic rings. The summed E-state index contributed by atoms with van der Waals surface area (Å²) in [5.41, 5.74) is 15.3. The molecule has 12 aromatic rings. The van der Waals surface area contributed by atoms with Crippen molar-refractivity contribution in [3.05, 3.63) is 231 Å². The lowest BCUT2D eigenvalue weighted by Gasteiger charge is -2.26. The summed E-state index contributed by atoms with van der Waals surface area (Å²) in [6.07, 6.45) is 0. The van der Waals surface area contributed by atoms with E-state index in [0.717, 1.165) is 61.3 Å². The Morgan fingerprint density at radius 2 is 0.885 bits per heavy atom. The van der Waals surface area contributed by atoms with Crippen molar-refractivity contribution in [2.75, 3.05) is 4.90 Å². The third kappa shape index (κ3) is 5.90. The fourth-order valence-electron chi connectivity index (χ4n) is 9.32. The van der Waals surface area contributed by atoms with Crippen LogP contribution in [0.25, 0.3) is 93.6 Å². The maximum atomic E-state index is 6.90. The van der Waals surface area contributed by atoms with Gasteiger partial charge in [0, 0.05) is 44.7 Å². The van der Waals surface area contributed by atoms with Crippen LogP contribution in [-0.4, -0.2) is 4.57 Å². The number of para-hydroxylation sites is 3. The van der Waals surface area contributed by atoms with E-state index in [1.807, 2.05) is 0 Å². The number of aromatic nitrogens is 1. The van der Waals surface area contributed by atoms with E-state index < -0.39 is 0 Å². The summed E-state index contributed by atoms with van der Waals surface area (Å²) >= 11 is 0. The first-order chi connectivity index (χ1) is 30.2. The van der Waals surface area contributed by atoms with Crippen LogP contribution in [-0.2, 0) is 0 Å². The first kappa shape index (κ1) is 34.9. The van der Waals surface area contributed by atoms with Crippen LogP contribution >= 0.6 is 0 Å². The van der Waals surface area contributed by atoms with Crippen molar-refractivity contribution in [3.8, 4) is 39.1 Å². The van der Waals surface area contributed by atoms with Gasteiger partial charge in [0.25, 0.3) is 0 Å². The van der Waals surface area contributed by atoms with Crippen LogP contribution in [0.4, 0.5) is 17.1 Å². The van der Waals surface area contributed by atoms with Crippen molar-refractivity contribution >= 4 is 71.6 Å². The number of hydrogen-bond donors (Lipinski definition) is 0. The van der Waals surface area contributed by atoms with Crippen molar-refractivity contribution in [3.63, 3.8) is 0 Å². The average Bonchev–Trinajstić information content (AvgIpc) is 3.88. The van der Waals surface area contributed by atoms with Crippen molar-refractivity contribution in [1.29, 1.82) is 0 Å². The van der Waals surface area contributed by atoms with Gasteiger partial charge < -0.3 is 13.9 Å². The molecular weight excluding hydrogens is 741 g/mol. The molecule has 3 nitrogen and oxygen atoms in total. The second-order valence-corrected chi connectivity index (χ2v) is 15.7. The van der Waals surface area contributed by atoms with Crippen LogP contribution in [0.15, 0.2) is 235 Å². The standard InChI is InChI=1S/C58H38N2O/c1-4-14-39(15-5-1)40-24-26-41(27-25-40)42-28-32-47(33-29-42)59(45-17-6-2-7-18-45)48-37-52(58-56(38-48)61-55-35-31-43-16-10-11-21-49(43)57(55)58)44-30-34-51-50-22-12-13-23-53(50)60(54(51)36-44)46-19-8-3-9-20-46/h1-38H. The third-order valence-electron chi connectivity index (χ3n) is 12.2. The molecule has 3 heteroatoms. The van der Waals surface area contributed by atoms with E-state index >= 15 is 0 Å². The van der Waals surface area contributed by atoms with Gasteiger partial charge in [-0.25, -0.2) is 0 Å². The largest absolute Gasteiger partial charge is 0.456 e. The SMILES string of the molecule is c1ccc(-c2ccc(-c3ccc(N(c4ccccc4)c4cc(-c5ccc6c7ccccc7n(-c7ccccc7)c6c5)c5c(c4)oc4ccc6ccccc6c45)cc3)cc2)cc1. The lowest BCUT2D eigenvalue weighted by Crippen LogP contribution is -2.10. The molecule has 0 radical (unpaired) electrons. The summed E-state index contributed by atoms with van der Waals surface area (Å²) < 4.78 is 9.29. The molecule has 0 amide bonds. The molecule has 0 aliphatic heterocycles. The second kappa shape index (κ2) is 14.3. The first-order valence-corrected chi connectivity index (χ1v) is 20.8. The summed E-state index contributed by atoms with van der Waals surface area (Å²) in [5, 5.41) is 7.07. The van der Waals surface area contributed by atoms with E-state index in [1.54, 1.807) is 0 Å². The number of anilines is 3. The molecule has 0 fully saturated rings. The van der Waals surface area contributed by atoms with E-state index in [-0.39, 0.29) is 0 Å². The molecule has 0 bridgehead atoms. The highest BCUT2D eigenvalue weighted by molar-refractivity contribution is 6.24. The van der Waals surface area contributed by atoms with Gasteiger partial charge in [0.1, 0.15) is 11.2 Å². The molecular formula is C58H38N2O. The molecule has 2 heterocycles. The Morgan fingerprint density at radius 3 is 1.62 bits per heavy atom. The lowest BCUT2D eigenvalue weighted by molar-refractivity contribution is 0.669. The molecule has 286 valence electrons. The van der Waals surface area contributed by atoms with Crippen LogP contribution in [0.5, 0.6) is 0 Å². The maximum Gasteiger partial charge on any atom is 0.138 e. The number of nitrogens with zero attached hydrogens (tertiary/aromatic N) is 2. The predicted molar refractivity (Wildman–Crippen MR) is 257 cm³/mol. The fourth-order valence-corrected chi connectivity index (χ4v) is 9.32. The van der Waals surface area contributed by atoms with Gasteiger partial charge in [-0.15, -0.1) is 0 Å². The summed E-state index contributed by atoms with van der Waals surface area (Å²) in [7, 11) is 0. The molecule has 0 aliphatic carbocycles. The molecule has 61 heavy (non-hydrogen) atoms. The summed E-state index contributed by atoms with van der Waals surface area (Å²) in [6.45, 7) is 0. The lowest BCUT2D eigenvalue weighted by atomic mass is 9.95. The highest BCUT2D eigenvalue weighted by atomic mass is 16.3. The molecule has 0 saturated carbocycles. The second-order valence-electron chi connectivity index (χ2n) is 15.7. The Bertz CT molecular complexity index is 3550. The molecule has 0 spiro atoms. The minimum atomic E-state index is 0.846. The van der Waals surface area contributed by atoms with E-state index in [0.29, 0.717) is 0 Å². The zero-order valence-electron chi connectivity index (χ0n) is 33.2. The molecule has 2 aromatic heterocycles. The highest BCUT2D eigenvalue weighted by Gasteiger charge is 2.22. The minimum Gasteiger partial charge on any atom is -0.456 e. The summed E-state index contributed by atoms with van der Waals surface area (Å²) in [4.78, 5) is 2.34. The molecule has 10 aromatic carbocycles. The molecule has 12 rings (SSSR count). The van der Waals surface area contributed by atoms with Gasteiger partial charge in [-0.1, -0.05) is 164 Å². The van der Waals surface area contributed by atoms with Gasteiger partial charge >= 0.3 is 0 Å². The molecule has 0 N–H and O–H groups in total. The van der Waals surface area contributed by atoms with Crippen molar-refractivity contribution in [2.24, 2.45) is 0 Å². The Hall–Kier alpha value is -8.14. The summed E-state index contributed by atoms with van der Waals surface area (Å²) in [6, 6.07) is 82.8. The van der Waals surface area contributed by atoms with Gasteiger partial charge in [0.2, 0.25) is 0 Å². The Kier molecular flexibility index (Phi) is 8.17. The van der Waals surface area contributed by atoms with Crippen LogP contribution < -0.4 is 4.90 Å². The first-order valence-electron chi connectivity index (χ1n) is 20.8. The van der Waals surface area contributed by atoms with Crippen LogP contribution in [0.2, 0.25) is 0 Å². The normalized spacial score (nSPS) is 11.6. The number of hydrogen-bond acceptors (Lipinski definition) is 2. The van der Waals surface area contributed by atoms with Gasteiger partial charge in [-0.05, 0) is 105 Å². The van der Waals surface area contributed by atoms with Crippen LogP contribution in [0.3, 0.4) is 0 Å². The van der Waals surface area contributed by atoms with Gasteiger partial charge in [-0.3, -0.25) is 0 Å². The third-order valence-corrected chi connectivity index (χ3v) is 12.2. The number of fused-ring (bicyclic) bond motifs is 8. The molecule has 0 saturated heterocycles. The zero-order valence-corrected chi connectivity index (χ0v) is 33.2. The van der Waals surface area contributed by atoms with Crippen LogP contribution in [0, 0.1) is 0 Å².